The van der Waals surface area contributed by atoms with E-state index in [9.17, 15) is 4.79 Å². The van der Waals surface area contributed by atoms with Crippen LogP contribution in [0, 0.1) is 0 Å². The summed E-state index contributed by atoms with van der Waals surface area (Å²) < 4.78 is 0. The van der Waals surface area contributed by atoms with Crippen molar-refractivity contribution in [3.05, 3.63) is 0 Å². The highest BCUT2D eigenvalue weighted by Crippen LogP contribution is 2.02. The summed E-state index contributed by atoms with van der Waals surface area (Å²) in [6.45, 7) is 3.60. The van der Waals surface area contributed by atoms with Gasteiger partial charge < -0.3 is 4.79 Å². The summed E-state index contributed by atoms with van der Waals surface area (Å²) in [6, 6.07) is 0. The van der Waals surface area contributed by atoms with Crippen LogP contribution in [0.3, 0.4) is 0 Å². The van der Waals surface area contributed by atoms with Crippen LogP contribution in [0.25, 0.3) is 0 Å². The van der Waals surface area contributed by atoms with E-state index in [1.54, 1.807) is 6.92 Å². The molecule has 0 amide bonds. The molecule has 0 fully saturated rings. The number of hydrogen-bond acceptors (Lipinski definition) is 2. The summed E-state index contributed by atoms with van der Waals surface area (Å²) in [4.78, 5) is 10.3. The van der Waals surface area contributed by atoms with Gasteiger partial charge in [-0.2, -0.15) is 12.6 Å². The van der Waals surface area contributed by atoms with Crippen molar-refractivity contribution in [3.8, 4) is 0 Å². The van der Waals surface area contributed by atoms with Gasteiger partial charge in [0.2, 0.25) is 0 Å². The monoisotopic (exact) mass is 132 g/mol. The Kier molecular flexibility index (Phi) is 3.97. The van der Waals surface area contributed by atoms with Gasteiger partial charge in [-0.15, -0.1) is 0 Å². The lowest BCUT2D eigenvalue weighted by atomic mass is 10.2. The Morgan fingerprint density at radius 3 is 2.38 bits per heavy atom. The van der Waals surface area contributed by atoms with Crippen molar-refractivity contribution >= 4 is 18.4 Å². The van der Waals surface area contributed by atoms with Crippen LogP contribution in [-0.2, 0) is 4.79 Å². The average molecular weight is 132 g/mol. The molecule has 2 heteroatoms. The third-order valence-electron chi connectivity index (χ3n) is 0.914. The van der Waals surface area contributed by atoms with Gasteiger partial charge in [-0.1, -0.05) is 6.92 Å². The number of hydrogen-bond donors (Lipinski definition) is 1. The van der Waals surface area contributed by atoms with Gasteiger partial charge in [-0.3, -0.25) is 0 Å². The standard InChI is InChI=1S/C6H12OS/c1-5(7)3-4-6(2)8/h6,8H,3-4H2,1-2H3. The zero-order chi connectivity index (χ0) is 6.57. The molecular weight excluding hydrogens is 120 g/mol. The van der Waals surface area contributed by atoms with Crippen molar-refractivity contribution in [2.75, 3.05) is 0 Å². The molecule has 8 heavy (non-hydrogen) atoms. The zero-order valence-corrected chi connectivity index (χ0v) is 6.24. The molecular formula is C6H12OS. The van der Waals surface area contributed by atoms with E-state index in [4.69, 9.17) is 0 Å². The van der Waals surface area contributed by atoms with E-state index in [2.05, 4.69) is 12.6 Å². The number of carbonyl (C=O) groups excluding carboxylic acids is 1. The first-order valence-corrected chi connectivity index (χ1v) is 3.32. The number of ketones is 1. The van der Waals surface area contributed by atoms with Crippen LogP contribution in [0.1, 0.15) is 26.7 Å². The minimum absolute atomic E-state index is 0.255. The quantitative estimate of drug-likeness (QED) is 0.578. The molecule has 1 unspecified atom stereocenters. The van der Waals surface area contributed by atoms with Crippen LogP contribution < -0.4 is 0 Å². The normalized spacial score (nSPS) is 13.4. The number of Topliss-reactive ketones (excluding diaryl/α,β-unsaturated/α-hetero) is 1. The first-order valence-electron chi connectivity index (χ1n) is 2.80. The SMILES string of the molecule is CC(=O)CCC(C)S. The van der Waals surface area contributed by atoms with Crippen LogP contribution in [0.15, 0.2) is 0 Å². The fourth-order valence-corrected chi connectivity index (χ4v) is 0.541. The van der Waals surface area contributed by atoms with Crippen molar-refractivity contribution in [2.45, 2.75) is 31.9 Å². The maximum absolute atomic E-state index is 10.3. The van der Waals surface area contributed by atoms with Gasteiger partial charge in [0.25, 0.3) is 0 Å². The topological polar surface area (TPSA) is 17.1 Å². The van der Waals surface area contributed by atoms with E-state index in [1.165, 1.54) is 0 Å². The zero-order valence-electron chi connectivity index (χ0n) is 5.35. The van der Waals surface area contributed by atoms with Crippen molar-refractivity contribution in [2.24, 2.45) is 0 Å². The number of rotatable bonds is 3. The molecule has 0 aromatic carbocycles. The van der Waals surface area contributed by atoms with Crippen molar-refractivity contribution in [3.63, 3.8) is 0 Å². The molecule has 0 rings (SSSR count). The van der Waals surface area contributed by atoms with Crippen molar-refractivity contribution in [1.82, 2.24) is 0 Å². The Bertz CT molecular complexity index is 78.6. The highest BCUT2D eigenvalue weighted by atomic mass is 32.1. The Balaban J connectivity index is 3.05. The molecule has 0 N–H and O–H groups in total. The van der Waals surface area contributed by atoms with E-state index in [0.29, 0.717) is 11.7 Å². The van der Waals surface area contributed by atoms with Crippen molar-refractivity contribution in [1.29, 1.82) is 0 Å². The minimum atomic E-state index is 0.255. The molecule has 1 nitrogen and oxygen atoms in total. The van der Waals surface area contributed by atoms with E-state index >= 15 is 0 Å². The predicted octanol–water partition coefficient (Wildman–Crippen LogP) is 1.67. The molecule has 0 saturated heterocycles. The fraction of sp³-hybridized carbons (Fsp3) is 0.833. The summed E-state index contributed by atoms with van der Waals surface area (Å²) in [5.41, 5.74) is 0. The summed E-state index contributed by atoms with van der Waals surface area (Å²) in [5.74, 6) is 0.255. The largest absolute Gasteiger partial charge is 0.300 e. The third kappa shape index (κ3) is 6.02. The van der Waals surface area contributed by atoms with Gasteiger partial charge in [-0.05, 0) is 18.6 Å². The lowest BCUT2D eigenvalue weighted by molar-refractivity contribution is -0.117. The highest BCUT2D eigenvalue weighted by molar-refractivity contribution is 7.80. The van der Waals surface area contributed by atoms with Crippen LogP contribution in [-0.4, -0.2) is 11.0 Å². The van der Waals surface area contributed by atoms with E-state index in [1.807, 2.05) is 6.92 Å². The van der Waals surface area contributed by atoms with Crippen molar-refractivity contribution < 1.29 is 4.79 Å². The lowest BCUT2D eigenvalue weighted by Gasteiger charge is -1.97. The molecule has 0 radical (unpaired) electrons. The van der Waals surface area contributed by atoms with Gasteiger partial charge in [-0.25, -0.2) is 0 Å². The summed E-state index contributed by atoms with van der Waals surface area (Å²) in [5, 5.41) is 0.360. The average Bonchev–Trinajstić information content (AvgIpc) is 1.61. The van der Waals surface area contributed by atoms with Gasteiger partial charge in [0.05, 0.1) is 0 Å². The first-order chi connectivity index (χ1) is 3.63. The summed E-state index contributed by atoms with van der Waals surface area (Å²) >= 11 is 4.12. The minimum Gasteiger partial charge on any atom is -0.300 e. The number of thiol groups is 1. The maximum Gasteiger partial charge on any atom is 0.129 e. The van der Waals surface area contributed by atoms with Crippen LogP contribution >= 0.6 is 12.6 Å². The van der Waals surface area contributed by atoms with Gasteiger partial charge in [0.1, 0.15) is 5.78 Å². The Hall–Kier alpha value is 0.0200. The highest BCUT2D eigenvalue weighted by Gasteiger charge is 1.96. The predicted molar refractivity (Wildman–Crippen MR) is 38.4 cm³/mol. The molecule has 0 saturated carbocycles. The van der Waals surface area contributed by atoms with Crippen LogP contribution in [0.5, 0.6) is 0 Å². The third-order valence-corrected chi connectivity index (χ3v) is 1.17. The fourth-order valence-electron chi connectivity index (χ4n) is 0.412. The Morgan fingerprint density at radius 1 is 1.75 bits per heavy atom. The van der Waals surface area contributed by atoms with E-state index in [0.717, 1.165) is 6.42 Å². The van der Waals surface area contributed by atoms with E-state index < -0.39 is 0 Å². The first kappa shape index (κ1) is 8.02. The van der Waals surface area contributed by atoms with Gasteiger partial charge in [0, 0.05) is 6.42 Å². The molecule has 0 heterocycles. The molecule has 0 aromatic rings. The maximum atomic E-state index is 10.3. The van der Waals surface area contributed by atoms with Crippen LogP contribution in [0.4, 0.5) is 0 Å². The molecule has 0 aliphatic rings. The molecule has 0 aromatic heterocycles. The second-order valence-electron chi connectivity index (χ2n) is 2.09. The number of carbonyl (C=O) groups is 1. The second kappa shape index (κ2) is 3.96. The molecule has 1 atom stereocenters. The lowest BCUT2D eigenvalue weighted by Crippen LogP contribution is -1.96. The smallest absolute Gasteiger partial charge is 0.129 e. The summed E-state index contributed by atoms with van der Waals surface area (Å²) in [7, 11) is 0. The van der Waals surface area contributed by atoms with Gasteiger partial charge in [0.15, 0.2) is 0 Å². The summed E-state index contributed by atoms with van der Waals surface area (Å²) in [6.07, 6.45) is 1.57. The Labute approximate surface area is 55.9 Å². The molecule has 0 aliphatic heterocycles. The van der Waals surface area contributed by atoms with Gasteiger partial charge >= 0.3 is 0 Å². The van der Waals surface area contributed by atoms with E-state index in [-0.39, 0.29) is 5.78 Å². The van der Waals surface area contributed by atoms with Crippen LogP contribution in [0.2, 0.25) is 0 Å². The molecule has 0 spiro atoms. The molecule has 48 valence electrons. The molecule has 0 bridgehead atoms. The second-order valence-corrected chi connectivity index (χ2v) is 2.97. The Morgan fingerprint density at radius 2 is 2.25 bits per heavy atom. The molecule has 0 aliphatic carbocycles.